The van der Waals surface area contributed by atoms with E-state index < -0.39 is 0 Å². The van der Waals surface area contributed by atoms with Crippen LogP contribution >= 0.6 is 0 Å². The molecular formula is C54H35N3. The van der Waals surface area contributed by atoms with Gasteiger partial charge in [-0.3, -0.25) is 0 Å². The minimum absolute atomic E-state index is 1.15. The van der Waals surface area contributed by atoms with Crippen LogP contribution in [-0.2, 0) is 0 Å². The van der Waals surface area contributed by atoms with Crippen LogP contribution < -0.4 is 0 Å². The molecule has 0 bridgehead atoms. The molecule has 266 valence electrons. The molecule has 0 unspecified atom stereocenters. The van der Waals surface area contributed by atoms with E-state index in [2.05, 4.69) is 226 Å². The molecule has 0 saturated carbocycles. The van der Waals surface area contributed by atoms with Crippen LogP contribution in [0.4, 0.5) is 0 Å². The van der Waals surface area contributed by atoms with Gasteiger partial charge in [-0.25, -0.2) is 0 Å². The minimum Gasteiger partial charge on any atom is -0.309 e. The molecule has 0 aliphatic rings. The largest absolute Gasteiger partial charge is 0.309 e. The lowest BCUT2D eigenvalue weighted by Gasteiger charge is -2.15. The number of rotatable bonds is 5. The van der Waals surface area contributed by atoms with Gasteiger partial charge in [0.15, 0.2) is 0 Å². The minimum atomic E-state index is 1.15. The van der Waals surface area contributed by atoms with Gasteiger partial charge in [0, 0.05) is 49.3 Å². The molecule has 3 aromatic heterocycles. The Bertz CT molecular complexity index is 3500. The lowest BCUT2D eigenvalue weighted by molar-refractivity contribution is 1.17. The molecule has 0 atom stereocenters. The van der Waals surface area contributed by atoms with Crippen LogP contribution in [0.3, 0.4) is 0 Å². The summed E-state index contributed by atoms with van der Waals surface area (Å²) in [7, 11) is 0. The predicted octanol–water partition coefficient (Wildman–Crippen LogP) is 14.3. The molecule has 12 rings (SSSR count). The third kappa shape index (κ3) is 4.66. The van der Waals surface area contributed by atoms with Gasteiger partial charge in [0.25, 0.3) is 0 Å². The summed E-state index contributed by atoms with van der Waals surface area (Å²) in [4.78, 5) is 0. The van der Waals surface area contributed by atoms with Gasteiger partial charge in [0.05, 0.1) is 38.8 Å². The van der Waals surface area contributed by atoms with Crippen molar-refractivity contribution >= 4 is 65.4 Å². The second-order valence-electron chi connectivity index (χ2n) is 14.9. The van der Waals surface area contributed by atoms with Crippen molar-refractivity contribution in [1.29, 1.82) is 0 Å². The summed E-state index contributed by atoms with van der Waals surface area (Å²) in [5, 5.41) is 7.54. The highest BCUT2D eigenvalue weighted by Gasteiger charge is 2.23. The lowest BCUT2D eigenvalue weighted by Crippen LogP contribution is -1.97. The van der Waals surface area contributed by atoms with Crippen LogP contribution in [0.25, 0.3) is 105 Å². The Kier molecular flexibility index (Phi) is 6.93. The van der Waals surface area contributed by atoms with E-state index in [1.165, 1.54) is 87.7 Å². The van der Waals surface area contributed by atoms with Gasteiger partial charge in [0.2, 0.25) is 0 Å². The van der Waals surface area contributed by atoms with E-state index in [1.807, 2.05) is 0 Å². The summed E-state index contributed by atoms with van der Waals surface area (Å²) in [5.74, 6) is 0. The molecule has 3 heterocycles. The number of hydrogen-bond acceptors (Lipinski definition) is 0. The van der Waals surface area contributed by atoms with Gasteiger partial charge in [-0.15, -0.1) is 0 Å². The van der Waals surface area contributed by atoms with Gasteiger partial charge in [-0.2, -0.15) is 0 Å². The number of nitrogens with zero attached hydrogens (tertiary/aromatic N) is 3. The van der Waals surface area contributed by atoms with Gasteiger partial charge in [0.1, 0.15) is 0 Å². The summed E-state index contributed by atoms with van der Waals surface area (Å²) in [6, 6.07) is 77.3. The lowest BCUT2D eigenvalue weighted by atomic mass is 9.97. The van der Waals surface area contributed by atoms with E-state index in [4.69, 9.17) is 0 Å². The molecular weight excluding hydrogens is 691 g/mol. The molecule has 0 amide bonds. The topological polar surface area (TPSA) is 14.8 Å². The maximum atomic E-state index is 2.49. The highest BCUT2D eigenvalue weighted by molar-refractivity contribution is 6.31. The molecule has 9 aromatic carbocycles. The maximum Gasteiger partial charge on any atom is 0.0549 e. The van der Waals surface area contributed by atoms with Gasteiger partial charge >= 0.3 is 0 Å². The van der Waals surface area contributed by atoms with Crippen molar-refractivity contribution in [2.24, 2.45) is 0 Å². The molecule has 0 aliphatic heterocycles. The Balaban J connectivity index is 1.16. The van der Waals surface area contributed by atoms with E-state index in [-0.39, 0.29) is 0 Å². The van der Waals surface area contributed by atoms with Crippen molar-refractivity contribution in [3.05, 3.63) is 212 Å². The van der Waals surface area contributed by atoms with Gasteiger partial charge in [-0.1, -0.05) is 140 Å². The van der Waals surface area contributed by atoms with Crippen molar-refractivity contribution in [1.82, 2.24) is 13.7 Å². The molecule has 0 N–H and O–H groups in total. The molecule has 12 aromatic rings. The average Bonchev–Trinajstić information content (AvgIpc) is 3.93. The predicted molar refractivity (Wildman–Crippen MR) is 240 cm³/mol. The van der Waals surface area contributed by atoms with Crippen LogP contribution in [-0.4, -0.2) is 13.7 Å². The zero-order chi connectivity index (χ0) is 37.5. The summed E-state index contributed by atoms with van der Waals surface area (Å²) in [6.07, 6.45) is 0. The quantitative estimate of drug-likeness (QED) is 0.168. The molecule has 0 saturated heterocycles. The molecule has 57 heavy (non-hydrogen) atoms. The Morgan fingerprint density at radius 1 is 0.246 bits per heavy atom. The number of hydrogen-bond donors (Lipinski definition) is 0. The summed E-state index contributed by atoms with van der Waals surface area (Å²) < 4.78 is 7.32. The van der Waals surface area contributed by atoms with Crippen LogP contribution in [0.15, 0.2) is 212 Å². The zero-order valence-electron chi connectivity index (χ0n) is 31.0. The van der Waals surface area contributed by atoms with E-state index in [0.717, 1.165) is 17.1 Å². The second kappa shape index (κ2) is 12.5. The first-order chi connectivity index (χ1) is 28.3. The molecule has 3 nitrogen and oxygen atoms in total. The number of para-hydroxylation sites is 5. The highest BCUT2D eigenvalue weighted by Crippen LogP contribution is 2.46. The number of benzene rings is 9. The van der Waals surface area contributed by atoms with Crippen LogP contribution in [0.1, 0.15) is 0 Å². The Morgan fingerprint density at radius 3 is 1.47 bits per heavy atom. The van der Waals surface area contributed by atoms with Gasteiger partial charge in [-0.05, 0) is 89.5 Å². The SMILES string of the molecule is c1ccc(-c2cccc3c2c2c4c5ccccc5n(-c5ccccc5-c5ccc6c(c5)c5ccccc5n6-c5ccccc5)c4ccc2n3-c2ccccc2)cc1. The van der Waals surface area contributed by atoms with E-state index in [0.29, 0.717) is 0 Å². The fourth-order valence-electron chi connectivity index (χ4n) is 9.49. The third-order valence-electron chi connectivity index (χ3n) is 11.8. The van der Waals surface area contributed by atoms with Crippen molar-refractivity contribution < 1.29 is 0 Å². The van der Waals surface area contributed by atoms with Crippen molar-refractivity contribution in [2.75, 3.05) is 0 Å². The summed E-state index contributed by atoms with van der Waals surface area (Å²) >= 11 is 0. The fraction of sp³-hybridized carbons (Fsp3) is 0. The van der Waals surface area contributed by atoms with E-state index >= 15 is 0 Å². The van der Waals surface area contributed by atoms with Gasteiger partial charge < -0.3 is 13.7 Å². The van der Waals surface area contributed by atoms with E-state index in [9.17, 15) is 0 Å². The normalized spacial score (nSPS) is 11.9. The maximum absolute atomic E-state index is 2.49. The molecule has 0 fully saturated rings. The zero-order valence-corrected chi connectivity index (χ0v) is 31.0. The molecule has 3 heteroatoms. The average molecular weight is 726 g/mol. The van der Waals surface area contributed by atoms with E-state index in [1.54, 1.807) is 0 Å². The smallest absolute Gasteiger partial charge is 0.0549 e. The van der Waals surface area contributed by atoms with Crippen molar-refractivity contribution in [3.8, 4) is 39.3 Å². The molecule has 0 spiro atoms. The molecule has 0 aliphatic carbocycles. The second-order valence-corrected chi connectivity index (χ2v) is 14.9. The Morgan fingerprint density at radius 2 is 0.737 bits per heavy atom. The Hall–Kier alpha value is -7.62. The number of aromatic nitrogens is 3. The molecule has 0 radical (unpaired) electrons. The van der Waals surface area contributed by atoms with Crippen LogP contribution in [0.5, 0.6) is 0 Å². The van der Waals surface area contributed by atoms with Crippen molar-refractivity contribution in [3.63, 3.8) is 0 Å². The first kappa shape index (κ1) is 31.7. The standard InChI is InChI=1S/C54H35N3/c1-4-17-36(18-5-1)41-26-16-30-49-52(41)54-51(56(49)39-21-8-3-9-22-39)34-33-50-53(54)43-25-12-15-29-47(43)57(50)45-27-13-10-23-40(45)37-31-32-48-44(35-37)42-24-11-14-28-46(42)55(48)38-19-6-2-7-20-38/h1-35H. The van der Waals surface area contributed by atoms with Crippen LogP contribution in [0.2, 0.25) is 0 Å². The first-order valence-electron chi connectivity index (χ1n) is 19.6. The Labute approximate surface area is 329 Å². The fourth-order valence-corrected chi connectivity index (χ4v) is 9.49. The number of fused-ring (bicyclic) bond motifs is 10. The third-order valence-corrected chi connectivity index (χ3v) is 11.8. The summed E-state index contributed by atoms with van der Waals surface area (Å²) in [6.45, 7) is 0. The van der Waals surface area contributed by atoms with Crippen molar-refractivity contribution in [2.45, 2.75) is 0 Å². The summed E-state index contributed by atoms with van der Waals surface area (Å²) in [5.41, 5.74) is 15.5. The monoisotopic (exact) mass is 725 g/mol. The highest BCUT2D eigenvalue weighted by atomic mass is 15.0. The van der Waals surface area contributed by atoms with Crippen LogP contribution in [0, 0.1) is 0 Å². The first-order valence-corrected chi connectivity index (χ1v) is 19.6.